The van der Waals surface area contributed by atoms with E-state index in [4.69, 9.17) is 14.2 Å². The third-order valence-electron chi connectivity index (χ3n) is 5.40. The zero-order valence-corrected chi connectivity index (χ0v) is 17.9. The highest BCUT2D eigenvalue weighted by atomic mass is 16.5. The third-order valence-corrected chi connectivity index (χ3v) is 5.40. The molecule has 0 unspecified atom stereocenters. The van der Waals surface area contributed by atoms with E-state index in [0.717, 1.165) is 6.42 Å². The van der Waals surface area contributed by atoms with Gasteiger partial charge in [0.25, 0.3) is 11.8 Å². The van der Waals surface area contributed by atoms with Crippen LogP contribution in [-0.2, 0) is 6.42 Å². The molecule has 0 bridgehead atoms. The number of piperazine rings is 1. The minimum absolute atomic E-state index is 0.00607. The molecule has 0 aromatic heterocycles. The minimum Gasteiger partial charge on any atom is -0.493 e. The molecule has 0 radical (unpaired) electrons. The average molecular weight is 412 g/mol. The minimum atomic E-state index is -0.160. The number of carbonyl (C=O) groups excluding carboxylic acids is 2. The van der Waals surface area contributed by atoms with Crippen LogP contribution in [0.15, 0.2) is 36.4 Å². The maximum atomic E-state index is 13.1. The van der Waals surface area contributed by atoms with Crippen LogP contribution in [0.5, 0.6) is 17.2 Å². The van der Waals surface area contributed by atoms with Crippen molar-refractivity contribution in [2.75, 3.05) is 47.5 Å². The highest BCUT2D eigenvalue weighted by Gasteiger charge is 2.29. The van der Waals surface area contributed by atoms with E-state index in [0.29, 0.717) is 54.6 Å². The van der Waals surface area contributed by atoms with E-state index < -0.39 is 0 Å². The molecule has 1 aliphatic heterocycles. The van der Waals surface area contributed by atoms with E-state index in [1.807, 2.05) is 24.3 Å². The Labute approximate surface area is 177 Å². The molecule has 0 N–H and O–H groups in total. The van der Waals surface area contributed by atoms with Gasteiger partial charge < -0.3 is 24.0 Å². The monoisotopic (exact) mass is 412 g/mol. The maximum absolute atomic E-state index is 13.1. The van der Waals surface area contributed by atoms with Crippen LogP contribution in [0.1, 0.15) is 33.2 Å². The SMILES string of the molecule is CCc1ccc(C(=O)N2CCN(C(=O)c3ccc(OC)c(OC)c3OC)CC2)cc1. The first kappa shape index (κ1) is 21.5. The fourth-order valence-electron chi connectivity index (χ4n) is 3.62. The van der Waals surface area contributed by atoms with Crippen LogP contribution < -0.4 is 14.2 Å². The summed E-state index contributed by atoms with van der Waals surface area (Å²) in [7, 11) is 4.53. The van der Waals surface area contributed by atoms with Gasteiger partial charge >= 0.3 is 0 Å². The Balaban J connectivity index is 1.70. The van der Waals surface area contributed by atoms with Crippen LogP contribution in [0.2, 0.25) is 0 Å². The van der Waals surface area contributed by atoms with Crippen molar-refractivity contribution in [2.24, 2.45) is 0 Å². The summed E-state index contributed by atoms with van der Waals surface area (Å²) < 4.78 is 16.1. The van der Waals surface area contributed by atoms with Gasteiger partial charge in [-0.3, -0.25) is 9.59 Å². The fourth-order valence-corrected chi connectivity index (χ4v) is 3.62. The van der Waals surface area contributed by atoms with Gasteiger partial charge in [-0.1, -0.05) is 19.1 Å². The number of benzene rings is 2. The van der Waals surface area contributed by atoms with Crippen molar-refractivity contribution in [1.29, 1.82) is 0 Å². The highest BCUT2D eigenvalue weighted by Crippen LogP contribution is 2.40. The number of ether oxygens (including phenoxy) is 3. The number of nitrogens with zero attached hydrogens (tertiary/aromatic N) is 2. The molecule has 2 aromatic rings. The van der Waals surface area contributed by atoms with Crippen molar-refractivity contribution >= 4 is 11.8 Å². The molecular formula is C23H28N2O5. The Bertz CT molecular complexity index is 903. The lowest BCUT2D eigenvalue weighted by atomic mass is 10.1. The molecule has 1 heterocycles. The van der Waals surface area contributed by atoms with Crippen LogP contribution >= 0.6 is 0 Å². The average Bonchev–Trinajstić information content (AvgIpc) is 2.82. The van der Waals surface area contributed by atoms with Crippen molar-refractivity contribution in [2.45, 2.75) is 13.3 Å². The zero-order chi connectivity index (χ0) is 21.7. The molecule has 1 fully saturated rings. The van der Waals surface area contributed by atoms with Gasteiger partial charge in [-0.05, 0) is 36.2 Å². The van der Waals surface area contributed by atoms with Gasteiger partial charge in [-0.25, -0.2) is 0 Å². The predicted molar refractivity (Wildman–Crippen MR) is 114 cm³/mol. The van der Waals surface area contributed by atoms with Crippen molar-refractivity contribution in [3.8, 4) is 17.2 Å². The quantitative estimate of drug-likeness (QED) is 0.730. The smallest absolute Gasteiger partial charge is 0.257 e. The number of aryl methyl sites for hydroxylation is 1. The van der Waals surface area contributed by atoms with Crippen molar-refractivity contribution in [3.05, 3.63) is 53.1 Å². The number of rotatable bonds is 6. The molecule has 7 heteroatoms. The van der Waals surface area contributed by atoms with Crippen LogP contribution in [0.4, 0.5) is 0 Å². The molecule has 1 saturated heterocycles. The van der Waals surface area contributed by atoms with E-state index in [-0.39, 0.29) is 11.8 Å². The van der Waals surface area contributed by atoms with E-state index >= 15 is 0 Å². The van der Waals surface area contributed by atoms with Gasteiger partial charge in [0.05, 0.1) is 26.9 Å². The molecule has 160 valence electrons. The normalized spacial score (nSPS) is 13.7. The first-order chi connectivity index (χ1) is 14.5. The molecule has 0 atom stereocenters. The molecule has 0 spiro atoms. The van der Waals surface area contributed by atoms with Crippen LogP contribution in [0.3, 0.4) is 0 Å². The number of carbonyl (C=O) groups is 2. The molecule has 30 heavy (non-hydrogen) atoms. The summed E-state index contributed by atoms with van der Waals surface area (Å²) in [4.78, 5) is 29.4. The van der Waals surface area contributed by atoms with Gasteiger partial charge in [0.2, 0.25) is 5.75 Å². The number of amides is 2. The summed E-state index contributed by atoms with van der Waals surface area (Å²) in [6, 6.07) is 11.1. The second-order valence-electron chi connectivity index (χ2n) is 7.02. The van der Waals surface area contributed by atoms with Gasteiger partial charge in [-0.2, -0.15) is 0 Å². The summed E-state index contributed by atoms with van der Waals surface area (Å²) in [5, 5.41) is 0. The summed E-state index contributed by atoms with van der Waals surface area (Å²) in [5.41, 5.74) is 2.28. The van der Waals surface area contributed by atoms with Gasteiger partial charge in [0, 0.05) is 31.7 Å². The van der Waals surface area contributed by atoms with Gasteiger partial charge in [0.15, 0.2) is 11.5 Å². The molecule has 2 amide bonds. The Morgan fingerprint density at radius 1 is 0.767 bits per heavy atom. The predicted octanol–water partition coefficient (Wildman–Crippen LogP) is 2.87. The van der Waals surface area contributed by atoms with Gasteiger partial charge in [0.1, 0.15) is 0 Å². The number of methoxy groups -OCH3 is 3. The van der Waals surface area contributed by atoms with Gasteiger partial charge in [-0.15, -0.1) is 0 Å². The summed E-state index contributed by atoms with van der Waals surface area (Å²) >= 11 is 0. The molecule has 3 rings (SSSR count). The van der Waals surface area contributed by atoms with Crippen molar-refractivity contribution in [3.63, 3.8) is 0 Å². The largest absolute Gasteiger partial charge is 0.493 e. The Hall–Kier alpha value is -3.22. The Morgan fingerprint density at radius 2 is 1.33 bits per heavy atom. The lowest BCUT2D eigenvalue weighted by Gasteiger charge is -2.35. The van der Waals surface area contributed by atoms with E-state index in [1.54, 1.807) is 21.9 Å². The van der Waals surface area contributed by atoms with E-state index in [9.17, 15) is 9.59 Å². The molecule has 0 saturated carbocycles. The molecule has 1 aliphatic rings. The first-order valence-electron chi connectivity index (χ1n) is 10.0. The van der Waals surface area contributed by atoms with Crippen molar-refractivity contribution < 1.29 is 23.8 Å². The highest BCUT2D eigenvalue weighted by molar-refractivity contribution is 5.99. The van der Waals surface area contributed by atoms with Crippen LogP contribution in [0, 0.1) is 0 Å². The number of hydrogen-bond acceptors (Lipinski definition) is 5. The topological polar surface area (TPSA) is 68.3 Å². The molecule has 7 nitrogen and oxygen atoms in total. The molecule has 2 aromatic carbocycles. The van der Waals surface area contributed by atoms with E-state index in [2.05, 4.69) is 6.92 Å². The first-order valence-corrected chi connectivity index (χ1v) is 10.0. The van der Waals surface area contributed by atoms with Crippen molar-refractivity contribution in [1.82, 2.24) is 9.80 Å². The lowest BCUT2D eigenvalue weighted by molar-refractivity contribution is 0.0533. The fraction of sp³-hybridized carbons (Fsp3) is 0.391. The summed E-state index contributed by atoms with van der Waals surface area (Å²) in [6.07, 6.45) is 0.939. The van der Waals surface area contributed by atoms with Crippen LogP contribution in [0.25, 0.3) is 0 Å². The van der Waals surface area contributed by atoms with E-state index in [1.165, 1.54) is 26.9 Å². The van der Waals surface area contributed by atoms with Crippen LogP contribution in [-0.4, -0.2) is 69.1 Å². The maximum Gasteiger partial charge on any atom is 0.257 e. The third kappa shape index (κ3) is 4.20. The lowest BCUT2D eigenvalue weighted by Crippen LogP contribution is -2.50. The Morgan fingerprint density at radius 3 is 1.83 bits per heavy atom. The standard InChI is InChI=1S/C23H28N2O5/c1-5-16-6-8-17(9-7-16)22(26)24-12-14-25(15-13-24)23(27)18-10-11-19(28-2)21(30-4)20(18)29-3/h6-11H,5,12-15H2,1-4H3. The summed E-state index contributed by atoms with van der Waals surface area (Å²) in [6.45, 7) is 3.95. The zero-order valence-electron chi connectivity index (χ0n) is 17.9. The number of hydrogen-bond donors (Lipinski definition) is 0. The Kier molecular flexibility index (Phi) is 6.82. The summed E-state index contributed by atoms with van der Waals surface area (Å²) in [5.74, 6) is 1.06. The molecular weight excluding hydrogens is 384 g/mol. The second-order valence-corrected chi connectivity index (χ2v) is 7.02. The molecule has 0 aliphatic carbocycles. The second kappa shape index (κ2) is 9.52.